The van der Waals surface area contributed by atoms with Gasteiger partial charge in [-0.15, -0.1) is 12.4 Å². The largest absolute Gasteiger partial charge is 0.328 e. The zero-order valence-electron chi connectivity index (χ0n) is 10.8. The topological polar surface area (TPSA) is 29.3 Å². The zero-order valence-corrected chi connectivity index (χ0v) is 12.4. The monoisotopic (exact) mass is 286 g/mol. The van der Waals surface area contributed by atoms with Gasteiger partial charge in [0.25, 0.3) is 0 Å². The van der Waals surface area contributed by atoms with E-state index in [1.165, 1.54) is 43.8 Å². The lowest BCUT2D eigenvalue weighted by molar-refractivity contribution is 0.225. The van der Waals surface area contributed by atoms with Crippen molar-refractivity contribution in [2.24, 2.45) is 5.73 Å². The van der Waals surface area contributed by atoms with Crippen molar-refractivity contribution in [1.82, 2.24) is 4.90 Å². The highest BCUT2D eigenvalue weighted by Gasteiger charge is 2.14. The van der Waals surface area contributed by atoms with E-state index in [2.05, 4.69) is 35.2 Å². The number of benzene rings is 1. The fourth-order valence-corrected chi connectivity index (χ4v) is 3.09. The van der Waals surface area contributed by atoms with Gasteiger partial charge in [0, 0.05) is 24.1 Å². The van der Waals surface area contributed by atoms with Crippen molar-refractivity contribution in [2.45, 2.75) is 24.6 Å². The van der Waals surface area contributed by atoms with Gasteiger partial charge in [-0.3, -0.25) is 0 Å². The number of hydrogen-bond acceptors (Lipinski definition) is 3. The molecule has 2 rings (SSSR count). The van der Waals surface area contributed by atoms with E-state index in [0.29, 0.717) is 6.04 Å². The average molecular weight is 287 g/mol. The Bertz CT molecular complexity index is 313. The molecule has 0 atom stereocenters. The molecule has 4 heteroatoms. The fraction of sp³-hybridized carbons (Fsp3) is 0.571. The number of hydrogen-bond donors (Lipinski definition) is 1. The van der Waals surface area contributed by atoms with Gasteiger partial charge in [0.05, 0.1) is 0 Å². The Balaban J connectivity index is 0.00000162. The predicted molar refractivity (Wildman–Crippen MR) is 83.5 cm³/mol. The summed E-state index contributed by atoms with van der Waals surface area (Å²) in [4.78, 5) is 2.54. The summed E-state index contributed by atoms with van der Waals surface area (Å²) in [6.45, 7) is 3.59. The SMILES string of the molecule is Cl.NC1CCN(CCSCc2ccccc2)CC1. The normalized spacial score (nSPS) is 17.4. The van der Waals surface area contributed by atoms with Gasteiger partial charge in [-0.25, -0.2) is 0 Å². The number of nitrogens with two attached hydrogens (primary N) is 1. The molecular formula is C14H23ClN2S. The lowest BCUT2D eigenvalue weighted by atomic mass is 10.1. The Hall–Kier alpha value is -0.220. The molecule has 1 heterocycles. The summed E-state index contributed by atoms with van der Waals surface area (Å²) >= 11 is 2.03. The maximum Gasteiger partial charge on any atom is 0.0185 e. The van der Waals surface area contributed by atoms with Crippen LogP contribution < -0.4 is 5.73 Å². The van der Waals surface area contributed by atoms with E-state index < -0.39 is 0 Å². The van der Waals surface area contributed by atoms with Crippen LogP contribution >= 0.6 is 24.2 Å². The summed E-state index contributed by atoms with van der Waals surface area (Å²) in [6, 6.07) is 11.2. The molecule has 102 valence electrons. The highest BCUT2D eigenvalue weighted by atomic mass is 35.5. The van der Waals surface area contributed by atoms with Gasteiger partial charge in [-0.1, -0.05) is 30.3 Å². The number of thioether (sulfide) groups is 1. The zero-order chi connectivity index (χ0) is 11.9. The van der Waals surface area contributed by atoms with E-state index in [-0.39, 0.29) is 12.4 Å². The molecule has 0 spiro atoms. The lowest BCUT2D eigenvalue weighted by Crippen LogP contribution is -2.40. The van der Waals surface area contributed by atoms with Crippen molar-refractivity contribution in [3.05, 3.63) is 35.9 Å². The molecule has 0 aliphatic carbocycles. The van der Waals surface area contributed by atoms with Crippen LogP contribution in [-0.4, -0.2) is 36.3 Å². The van der Waals surface area contributed by atoms with Crippen molar-refractivity contribution >= 4 is 24.2 Å². The molecule has 18 heavy (non-hydrogen) atoms. The quantitative estimate of drug-likeness (QED) is 0.844. The third-order valence-corrected chi connectivity index (χ3v) is 4.30. The van der Waals surface area contributed by atoms with Crippen molar-refractivity contribution in [2.75, 3.05) is 25.4 Å². The molecular weight excluding hydrogens is 264 g/mol. The highest BCUT2D eigenvalue weighted by Crippen LogP contribution is 2.13. The van der Waals surface area contributed by atoms with Crippen LogP contribution in [0.5, 0.6) is 0 Å². The van der Waals surface area contributed by atoms with E-state index in [9.17, 15) is 0 Å². The smallest absolute Gasteiger partial charge is 0.0185 e. The second-order valence-electron chi connectivity index (χ2n) is 4.72. The van der Waals surface area contributed by atoms with Crippen molar-refractivity contribution < 1.29 is 0 Å². The summed E-state index contributed by atoms with van der Waals surface area (Å²) in [6.07, 6.45) is 2.34. The second-order valence-corrected chi connectivity index (χ2v) is 5.82. The summed E-state index contributed by atoms with van der Waals surface area (Å²) in [5, 5.41) is 0. The number of nitrogens with zero attached hydrogens (tertiary/aromatic N) is 1. The van der Waals surface area contributed by atoms with Gasteiger partial charge < -0.3 is 10.6 Å². The molecule has 1 fully saturated rings. The summed E-state index contributed by atoms with van der Waals surface area (Å²) in [5.74, 6) is 2.36. The minimum absolute atomic E-state index is 0. The molecule has 1 aromatic carbocycles. The molecule has 0 amide bonds. The molecule has 0 radical (unpaired) electrons. The first-order chi connectivity index (χ1) is 8.34. The number of rotatable bonds is 5. The Kier molecular flexibility index (Phi) is 7.75. The van der Waals surface area contributed by atoms with Gasteiger partial charge in [0.2, 0.25) is 0 Å². The summed E-state index contributed by atoms with van der Waals surface area (Å²) in [5.41, 5.74) is 7.32. The Morgan fingerprint density at radius 3 is 2.50 bits per heavy atom. The Labute approximate surface area is 121 Å². The summed E-state index contributed by atoms with van der Waals surface area (Å²) < 4.78 is 0. The van der Waals surface area contributed by atoms with Crippen LogP contribution in [0.15, 0.2) is 30.3 Å². The van der Waals surface area contributed by atoms with E-state index in [1.807, 2.05) is 11.8 Å². The minimum atomic E-state index is 0. The van der Waals surface area contributed by atoms with Gasteiger partial charge in [0.1, 0.15) is 0 Å². The predicted octanol–water partition coefficient (Wildman–Crippen LogP) is 2.76. The van der Waals surface area contributed by atoms with Crippen LogP contribution in [-0.2, 0) is 5.75 Å². The Morgan fingerprint density at radius 2 is 1.83 bits per heavy atom. The first kappa shape index (κ1) is 15.8. The second kappa shape index (κ2) is 8.81. The molecule has 0 unspecified atom stereocenters. The molecule has 0 bridgehead atoms. The molecule has 2 N–H and O–H groups in total. The molecule has 1 saturated heterocycles. The Morgan fingerprint density at radius 1 is 1.17 bits per heavy atom. The van der Waals surface area contributed by atoms with E-state index >= 15 is 0 Å². The van der Waals surface area contributed by atoms with Gasteiger partial charge in [-0.05, 0) is 31.5 Å². The standard InChI is InChI=1S/C14H22N2S.ClH/c15-14-6-8-16(9-7-14)10-11-17-12-13-4-2-1-3-5-13;/h1-5,14H,6-12,15H2;1H. The molecule has 1 aliphatic rings. The third-order valence-electron chi connectivity index (χ3n) is 3.30. The molecule has 2 nitrogen and oxygen atoms in total. The molecule has 1 aromatic rings. The first-order valence-electron chi connectivity index (χ1n) is 6.44. The highest BCUT2D eigenvalue weighted by molar-refractivity contribution is 7.98. The van der Waals surface area contributed by atoms with Gasteiger partial charge >= 0.3 is 0 Å². The van der Waals surface area contributed by atoms with Crippen LogP contribution in [0.4, 0.5) is 0 Å². The maximum atomic E-state index is 5.90. The van der Waals surface area contributed by atoms with E-state index in [0.717, 1.165) is 5.75 Å². The van der Waals surface area contributed by atoms with Crippen molar-refractivity contribution in [3.8, 4) is 0 Å². The fourth-order valence-electron chi connectivity index (χ4n) is 2.13. The molecule has 0 aromatic heterocycles. The molecule has 0 saturated carbocycles. The lowest BCUT2D eigenvalue weighted by Gasteiger charge is -2.29. The molecule has 1 aliphatic heterocycles. The van der Waals surface area contributed by atoms with Crippen molar-refractivity contribution in [3.63, 3.8) is 0 Å². The summed E-state index contributed by atoms with van der Waals surface area (Å²) in [7, 11) is 0. The van der Waals surface area contributed by atoms with E-state index in [1.54, 1.807) is 0 Å². The van der Waals surface area contributed by atoms with Gasteiger partial charge in [0.15, 0.2) is 0 Å². The first-order valence-corrected chi connectivity index (χ1v) is 7.59. The average Bonchev–Trinajstić information content (AvgIpc) is 2.38. The third kappa shape index (κ3) is 5.61. The van der Waals surface area contributed by atoms with Crippen LogP contribution in [0.1, 0.15) is 18.4 Å². The van der Waals surface area contributed by atoms with Crippen LogP contribution in [0.2, 0.25) is 0 Å². The maximum absolute atomic E-state index is 5.90. The number of halogens is 1. The number of piperidine rings is 1. The minimum Gasteiger partial charge on any atom is -0.328 e. The van der Waals surface area contributed by atoms with Crippen LogP contribution in [0, 0.1) is 0 Å². The van der Waals surface area contributed by atoms with Crippen molar-refractivity contribution in [1.29, 1.82) is 0 Å². The van der Waals surface area contributed by atoms with Gasteiger partial charge in [-0.2, -0.15) is 11.8 Å². The van der Waals surface area contributed by atoms with Crippen LogP contribution in [0.3, 0.4) is 0 Å². The van der Waals surface area contributed by atoms with Crippen LogP contribution in [0.25, 0.3) is 0 Å². The van der Waals surface area contributed by atoms with E-state index in [4.69, 9.17) is 5.73 Å². The number of likely N-dealkylation sites (tertiary alicyclic amines) is 1.